The molecule has 144 valence electrons. The van der Waals surface area contributed by atoms with Gasteiger partial charge in [0.1, 0.15) is 0 Å². The maximum absolute atomic E-state index is 12.8. The lowest BCUT2D eigenvalue weighted by Crippen LogP contribution is -2.33. The highest BCUT2D eigenvalue weighted by molar-refractivity contribution is 6.00. The molecule has 2 aromatic rings. The minimum Gasteiger partial charge on any atom is -0.352 e. The maximum Gasteiger partial charge on any atom is 0.253 e. The zero-order chi connectivity index (χ0) is 19.6. The first kappa shape index (κ1) is 20.7. The third-order valence-electron chi connectivity index (χ3n) is 4.40. The van der Waals surface area contributed by atoms with Crippen molar-refractivity contribution in [1.29, 1.82) is 0 Å². The normalized spacial score (nSPS) is 10.5. The van der Waals surface area contributed by atoms with E-state index in [1.54, 1.807) is 6.07 Å². The summed E-state index contributed by atoms with van der Waals surface area (Å²) < 4.78 is 0. The van der Waals surface area contributed by atoms with E-state index < -0.39 is 0 Å². The Kier molecular flexibility index (Phi) is 8.05. The van der Waals surface area contributed by atoms with E-state index in [9.17, 15) is 9.59 Å². The Morgan fingerprint density at radius 1 is 0.926 bits per heavy atom. The third kappa shape index (κ3) is 6.24. The van der Waals surface area contributed by atoms with Crippen LogP contribution in [0.5, 0.6) is 0 Å². The number of carbonyl (C=O) groups excluding carboxylic acids is 2. The number of hydrogen-bond acceptors (Lipinski definition) is 2. The van der Waals surface area contributed by atoms with Crippen molar-refractivity contribution in [2.75, 3.05) is 19.6 Å². The fourth-order valence-corrected chi connectivity index (χ4v) is 3.14. The molecule has 0 heterocycles. The molecule has 0 aliphatic heterocycles. The van der Waals surface area contributed by atoms with E-state index in [0.717, 1.165) is 37.9 Å². The van der Waals surface area contributed by atoms with E-state index in [2.05, 4.69) is 19.2 Å². The van der Waals surface area contributed by atoms with Crippen LogP contribution < -0.4 is 5.32 Å². The molecule has 0 aliphatic rings. The van der Waals surface area contributed by atoms with Gasteiger partial charge in [-0.3, -0.25) is 9.59 Å². The van der Waals surface area contributed by atoms with Gasteiger partial charge in [0.25, 0.3) is 11.8 Å². The molecule has 0 saturated carbocycles. The fourth-order valence-electron chi connectivity index (χ4n) is 3.14. The molecular weight excluding hydrogens is 336 g/mol. The molecule has 0 aliphatic carbocycles. The lowest BCUT2D eigenvalue weighted by Gasteiger charge is -2.22. The molecule has 2 rings (SSSR count). The van der Waals surface area contributed by atoms with E-state index in [1.165, 1.54) is 5.56 Å². The van der Waals surface area contributed by atoms with E-state index >= 15 is 0 Å². The molecule has 0 radical (unpaired) electrons. The highest BCUT2D eigenvalue weighted by Gasteiger charge is 2.17. The smallest absolute Gasteiger partial charge is 0.253 e. The summed E-state index contributed by atoms with van der Waals surface area (Å²) in [6.45, 7) is 8.09. The standard InChI is InChI=1S/C23H30N2O2/c1-4-13-25(14-5-2)23(27)21-16-18(3)15-20(17-21)22(26)24-12-11-19-9-7-6-8-10-19/h6-10,15-17H,4-5,11-14H2,1-3H3,(H,24,26). The summed E-state index contributed by atoms with van der Waals surface area (Å²) in [6.07, 6.45) is 2.62. The first-order chi connectivity index (χ1) is 13.0. The van der Waals surface area contributed by atoms with Crippen LogP contribution in [-0.2, 0) is 6.42 Å². The van der Waals surface area contributed by atoms with Crippen molar-refractivity contribution in [2.24, 2.45) is 0 Å². The number of hydrogen-bond donors (Lipinski definition) is 1. The summed E-state index contributed by atoms with van der Waals surface area (Å²) in [5, 5.41) is 2.96. The lowest BCUT2D eigenvalue weighted by molar-refractivity contribution is 0.0755. The van der Waals surface area contributed by atoms with Crippen LogP contribution in [0.2, 0.25) is 0 Å². The van der Waals surface area contributed by atoms with Gasteiger partial charge in [-0.15, -0.1) is 0 Å². The van der Waals surface area contributed by atoms with Gasteiger partial charge in [-0.2, -0.15) is 0 Å². The van der Waals surface area contributed by atoms with Crippen LogP contribution in [0.4, 0.5) is 0 Å². The van der Waals surface area contributed by atoms with Crippen molar-refractivity contribution in [1.82, 2.24) is 10.2 Å². The Balaban J connectivity index is 2.06. The number of benzene rings is 2. The van der Waals surface area contributed by atoms with Crippen LogP contribution in [0.25, 0.3) is 0 Å². The minimum absolute atomic E-state index is 0.000681. The van der Waals surface area contributed by atoms with E-state index in [0.29, 0.717) is 17.7 Å². The largest absolute Gasteiger partial charge is 0.352 e. The number of carbonyl (C=O) groups is 2. The van der Waals surface area contributed by atoms with E-state index in [4.69, 9.17) is 0 Å². The van der Waals surface area contributed by atoms with Gasteiger partial charge >= 0.3 is 0 Å². The van der Waals surface area contributed by atoms with Gasteiger partial charge in [0.2, 0.25) is 0 Å². The Bertz CT molecular complexity index is 750. The molecule has 4 nitrogen and oxygen atoms in total. The summed E-state index contributed by atoms with van der Waals surface area (Å²) in [6, 6.07) is 15.5. The Morgan fingerprint density at radius 3 is 2.19 bits per heavy atom. The highest BCUT2D eigenvalue weighted by Crippen LogP contribution is 2.13. The quantitative estimate of drug-likeness (QED) is 0.722. The molecule has 2 aromatic carbocycles. The molecule has 0 aromatic heterocycles. The Hall–Kier alpha value is -2.62. The molecule has 0 atom stereocenters. The number of aryl methyl sites for hydroxylation is 1. The number of nitrogens with zero attached hydrogens (tertiary/aromatic N) is 1. The Labute approximate surface area is 162 Å². The predicted octanol–water partition coefficient (Wildman–Crippen LogP) is 4.23. The molecule has 4 heteroatoms. The van der Waals surface area contributed by atoms with Crippen molar-refractivity contribution in [3.8, 4) is 0 Å². The average molecular weight is 367 g/mol. The predicted molar refractivity (Wildman–Crippen MR) is 110 cm³/mol. The van der Waals surface area contributed by atoms with Gasteiger partial charge in [-0.1, -0.05) is 44.2 Å². The Morgan fingerprint density at radius 2 is 1.56 bits per heavy atom. The molecule has 0 bridgehead atoms. The molecule has 1 N–H and O–H groups in total. The topological polar surface area (TPSA) is 49.4 Å². The van der Waals surface area contributed by atoms with E-state index in [1.807, 2.05) is 54.3 Å². The molecule has 0 spiro atoms. The van der Waals surface area contributed by atoms with Crippen LogP contribution in [0.1, 0.15) is 58.5 Å². The third-order valence-corrected chi connectivity index (χ3v) is 4.40. The van der Waals surface area contributed by atoms with Crippen molar-refractivity contribution < 1.29 is 9.59 Å². The van der Waals surface area contributed by atoms with Gasteiger partial charge in [-0.05, 0) is 55.5 Å². The van der Waals surface area contributed by atoms with Crippen LogP contribution >= 0.6 is 0 Å². The van der Waals surface area contributed by atoms with Crippen molar-refractivity contribution in [3.63, 3.8) is 0 Å². The summed E-state index contributed by atoms with van der Waals surface area (Å²) in [7, 11) is 0. The zero-order valence-corrected chi connectivity index (χ0v) is 16.6. The highest BCUT2D eigenvalue weighted by atomic mass is 16.2. The molecule has 0 fully saturated rings. The summed E-state index contributed by atoms with van der Waals surface area (Å²) in [5.41, 5.74) is 3.24. The molecular formula is C23H30N2O2. The molecule has 2 amide bonds. The average Bonchev–Trinajstić information content (AvgIpc) is 2.67. The first-order valence-electron chi connectivity index (χ1n) is 9.78. The first-order valence-corrected chi connectivity index (χ1v) is 9.78. The van der Waals surface area contributed by atoms with Crippen molar-refractivity contribution >= 4 is 11.8 Å². The van der Waals surface area contributed by atoms with Gasteiger partial charge in [0.15, 0.2) is 0 Å². The van der Waals surface area contributed by atoms with Crippen LogP contribution in [-0.4, -0.2) is 36.3 Å². The van der Waals surface area contributed by atoms with Crippen molar-refractivity contribution in [3.05, 3.63) is 70.8 Å². The second kappa shape index (κ2) is 10.5. The van der Waals surface area contributed by atoms with Gasteiger partial charge < -0.3 is 10.2 Å². The molecule has 0 saturated heterocycles. The lowest BCUT2D eigenvalue weighted by atomic mass is 10.0. The van der Waals surface area contributed by atoms with E-state index in [-0.39, 0.29) is 11.8 Å². The molecule has 0 unspecified atom stereocenters. The van der Waals surface area contributed by atoms with Crippen LogP contribution in [0.15, 0.2) is 48.5 Å². The summed E-state index contributed by atoms with van der Waals surface area (Å²) >= 11 is 0. The summed E-state index contributed by atoms with van der Waals surface area (Å²) in [4.78, 5) is 27.3. The van der Waals surface area contributed by atoms with Crippen LogP contribution in [0, 0.1) is 6.92 Å². The second-order valence-corrected chi connectivity index (χ2v) is 6.87. The van der Waals surface area contributed by atoms with Crippen molar-refractivity contribution in [2.45, 2.75) is 40.0 Å². The monoisotopic (exact) mass is 366 g/mol. The number of rotatable bonds is 9. The van der Waals surface area contributed by atoms with Gasteiger partial charge in [0, 0.05) is 30.8 Å². The number of amides is 2. The SMILES string of the molecule is CCCN(CCC)C(=O)c1cc(C)cc(C(=O)NCCc2ccccc2)c1. The fraction of sp³-hybridized carbons (Fsp3) is 0.391. The van der Waals surface area contributed by atoms with Gasteiger partial charge in [-0.25, -0.2) is 0 Å². The summed E-state index contributed by atoms with van der Waals surface area (Å²) in [5.74, 6) is -0.137. The zero-order valence-electron chi connectivity index (χ0n) is 16.6. The second-order valence-electron chi connectivity index (χ2n) is 6.87. The maximum atomic E-state index is 12.8. The minimum atomic E-state index is -0.138. The molecule has 27 heavy (non-hydrogen) atoms. The number of nitrogens with one attached hydrogen (secondary N) is 1. The van der Waals surface area contributed by atoms with Crippen LogP contribution in [0.3, 0.4) is 0 Å². The van der Waals surface area contributed by atoms with Gasteiger partial charge in [0.05, 0.1) is 0 Å².